The highest BCUT2D eigenvalue weighted by Crippen LogP contribution is 2.44. The quantitative estimate of drug-likeness (QED) is 0.121. The van der Waals surface area contributed by atoms with Crippen LogP contribution in [-0.4, -0.2) is 4.57 Å². The minimum atomic E-state index is 0.310. The van der Waals surface area contributed by atoms with Crippen molar-refractivity contribution >= 4 is 71.5 Å². The van der Waals surface area contributed by atoms with E-state index in [9.17, 15) is 0 Å². The lowest BCUT2D eigenvalue weighted by atomic mass is 9.79. The fourth-order valence-electron chi connectivity index (χ4n) is 11.3. The van der Waals surface area contributed by atoms with Crippen LogP contribution >= 0.6 is 0 Å². The van der Waals surface area contributed by atoms with E-state index in [1.165, 1.54) is 55.0 Å². The standard InChI is InChI=1S/C70H52N2O/c1-2-54(26-19-20-48-36-43-56(49-21-5-3-6-22-49)63(46-48)50-23-7-4-8-24-50)71(65-32-15-12-28-58(65)53-40-45-69-64(47-53)62-44-39-51-25-9-10-29-59(51)70(62)73-69)55-41-37-52(38-42-55)57-27-11-16-33-66(57)72-67-34-17-13-30-60(67)61-31-14-18-35-68(61)72/h2-19,21-42,44-47,56H,20,43H2,1H3/b26-19-,54-2+. The lowest BCUT2D eigenvalue weighted by Gasteiger charge is -2.29. The Hall–Kier alpha value is -9.18. The first-order valence-electron chi connectivity index (χ1n) is 25.4. The van der Waals surface area contributed by atoms with Crippen LogP contribution < -0.4 is 4.90 Å². The number of benzene rings is 10. The van der Waals surface area contributed by atoms with Crippen molar-refractivity contribution in [1.29, 1.82) is 0 Å². The monoisotopic (exact) mass is 936 g/mol. The Morgan fingerprint density at radius 1 is 0.548 bits per heavy atom. The summed E-state index contributed by atoms with van der Waals surface area (Å²) in [5.74, 6) is 0.310. The van der Waals surface area contributed by atoms with Gasteiger partial charge < -0.3 is 13.9 Å². The molecule has 73 heavy (non-hydrogen) atoms. The van der Waals surface area contributed by atoms with E-state index in [0.717, 1.165) is 79.6 Å². The number of allylic oxidation sites excluding steroid dienone is 7. The molecule has 12 aromatic rings. The molecule has 10 aromatic carbocycles. The Balaban J connectivity index is 0.904. The molecular weight excluding hydrogens is 885 g/mol. The van der Waals surface area contributed by atoms with Gasteiger partial charge in [-0.15, -0.1) is 0 Å². The van der Waals surface area contributed by atoms with Gasteiger partial charge in [0.15, 0.2) is 0 Å². The third-order valence-electron chi connectivity index (χ3n) is 14.8. The maximum atomic E-state index is 6.60. The maximum absolute atomic E-state index is 6.60. The molecule has 0 amide bonds. The van der Waals surface area contributed by atoms with Crippen LogP contribution in [0.5, 0.6) is 0 Å². The van der Waals surface area contributed by atoms with Crippen molar-refractivity contribution in [2.45, 2.75) is 25.7 Å². The highest BCUT2D eigenvalue weighted by Gasteiger charge is 2.23. The van der Waals surface area contributed by atoms with Gasteiger partial charge in [0, 0.05) is 55.4 Å². The zero-order valence-corrected chi connectivity index (χ0v) is 40.7. The van der Waals surface area contributed by atoms with Crippen molar-refractivity contribution in [3.8, 4) is 27.9 Å². The highest BCUT2D eigenvalue weighted by atomic mass is 16.3. The van der Waals surface area contributed by atoms with Gasteiger partial charge in [0.25, 0.3) is 0 Å². The minimum absolute atomic E-state index is 0.310. The molecule has 13 rings (SSSR count). The molecule has 3 heteroatoms. The van der Waals surface area contributed by atoms with Crippen molar-refractivity contribution in [2.24, 2.45) is 0 Å². The van der Waals surface area contributed by atoms with Gasteiger partial charge in [-0.3, -0.25) is 0 Å². The first kappa shape index (κ1) is 43.8. The van der Waals surface area contributed by atoms with Crippen LogP contribution in [0.25, 0.3) is 88.0 Å². The van der Waals surface area contributed by atoms with Crippen molar-refractivity contribution < 1.29 is 4.42 Å². The van der Waals surface area contributed by atoms with E-state index in [0.29, 0.717) is 5.92 Å². The van der Waals surface area contributed by atoms with E-state index >= 15 is 0 Å². The van der Waals surface area contributed by atoms with Gasteiger partial charge >= 0.3 is 0 Å². The molecule has 0 saturated carbocycles. The van der Waals surface area contributed by atoms with Crippen molar-refractivity contribution in [3.05, 3.63) is 289 Å². The molecule has 1 aliphatic rings. The summed E-state index contributed by atoms with van der Waals surface area (Å²) in [4.78, 5) is 2.42. The van der Waals surface area contributed by atoms with Gasteiger partial charge in [0.2, 0.25) is 0 Å². The van der Waals surface area contributed by atoms with Gasteiger partial charge in [0.05, 0.1) is 22.4 Å². The van der Waals surface area contributed by atoms with Crippen LogP contribution in [0.1, 0.15) is 36.8 Å². The van der Waals surface area contributed by atoms with Gasteiger partial charge in [-0.1, -0.05) is 206 Å². The molecular formula is C70H52N2O. The zero-order valence-electron chi connectivity index (χ0n) is 40.7. The second-order valence-corrected chi connectivity index (χ2v) is 19.0. The van der Waals surface area contributed by atoms with Crippen molar-refractivity contribution in [3.63, 3.8) is 0 Å². The number of rotatable bonds is 11. The second-order valence-electron chi connectivity index (χ2n) is 19.0. The predicted molar refractivity (Wildman–Crippen MR) is 309 cm³/mol. The molecule has 0 fully saturated rings. The first-order chi connectivity index (χ1) is 36.2. The number of hydrogen-bond acceptors (Lipinski definition) is 2. The summed E-state index contributed by atoms with van der Waals surface area (Å²) in [6.07, 6.45) is 13.5. The SMILES string of the molecule is C/C=C(\C=C/CC1=CCC(c2ccccc2)C(c2ccccc2)=C1)N(c1ccc(-c2ccccc2-n2c3ccccc3c3ccccc32)cc1)c1ccccc1-c1ccc2oc3c4ccccc4ccc3c2c1. The van der Waals surface area contributed by atoms with E-state index < -0.39 is 0 Å². The molecule has 348 valence electrons. The fourth-order valence-corrected chi connectivity index (χ4v) is 11.3. The summed E-state index contributed by atoms with van der Waals surface area (Å²) in [7, 11) is 0. The molecule has 1 atom stereocenters. The van der Waals surface area contributed by atoms with Gasteiger partial charge in [-0.25, -0.2) is 0 Å². The summed E-state index contributed by atoms with van der Waals surface area (Å²) in [5.41, 5.74) is 18.5. The zero-order chi connectivity index (χ0) is 48.7. The number of hydrogen-bond donors (Lipinski definition) is 0. The average molecular weight is 937 g/mol. The number of nitrogens with zero attached hydrogens (tertiary/aromatic N) is 2. The molecule has 1 aliphatic carbocycles. The summed E-state index contributed by atoms with van der Waals surface area (Å²) >= 11 is 0. The van der Waals surface area contributed by atoms with E-state index in [2.05, 4.69) is 283 Å². The van der Waals surface area contributed by atoms with E-state index in [4.69, 9.17) is 4.42 Å². The number of para-hydroxylation sites is 4. The topological polar surface area (TPSA) is 21.3 Å². The lowest BCUT2D eigenvalue weighted by Crippen LogP contribution is -2.16. The molecule has 0 saturated heterocycles. The smallest absolute Gasteiger partial charge is 0.143 e. The van der Waals surface area contributed by atoms with Gasteiger partial charge in [0.1, 0.15) is 11.2 Å². The largest absolute Gasteiger partial charge is 0.455 e. The van der Waals surface area contributed by atoms with Gasteiger partial charge in [-0.2, -0.15) is 0 Å². The molecule has 1 unspecified atom stereocenters. The first-order valence-corrected chi connectivity index (χ1v) is 25.4. The Kier molecular flexibility index (Phi) is 11.3. The Bertz CT molecular complexity index is 4090. The van der Waals surface area contributed by atoms with Crippen LogP contribution in [-0.2, 0) is 0 Å². The third kappa shape index (κ3) is 7.96. The third-order valence-corrected chi connectivity index (χ3v) is 14.8. The molecule has 0 bridgehead atoms. The number of aromatic nitrogens is 1. The van der Waals surface area contributed by atoms with Crippen LogP contribution in [0, 0.1) is 0 Å². The normalized spacial score (nSPS) is 14.2. The predicted octanol–water partition coefficient (Wildman–Crippen LogP) is 19.4. The molecule has 0 radical (unpaired) electrons. The van der Waals surface area contributed by atoms with Crippen molar-refractivity contribution in [2.75, 3.05) is 4.90 Å². The Morgan fingerprint density at radius 2 is 1.19 bits per heavy atom. The highest BCUT2D eigenvalue weighted by molar-refractivity contribution is 6.16. The minimum Gasteiger partial charge on any atom is -0.455 e. The summed E-state index contributed by atoms with van der Waals surface area (Å²) in [5, 5.41) is 7.03. The summed E-state index contributed by atoms with van der Waals surface area (Å²) in [6, 6.07) is 85.6. The van der Waals surface area contributed by atoms with E-state index in [1.807, 2.05) is 0 Å². The van der Waals surface area contributed by atoms with Crippen LogP contribution in [0.2, 0.25) is 0 Å². The van der Waals surface area contributed by atoms with Crippen LogP contribution in [0.15, 0.2) is 283 Å². The van der Waals surface area contributed by atoms with Crippen LogP contribution in [0.4, 0.5) is 11.4 Å². The molecule has 2 heterocycles. The Morgan fingerprint density at radius 3 is 1.96 bits per heavy atom. The number of fused-ring (bicyclic) bond motifs is 8. The molecule has 2 aromatic heterocycles. The average Bonchev–Trinajstić information content (AvgIpc) is 4.02. The Labute approximate surface area is 426 Å². The number of furan rings is 1. The van der Waals surface area contributed by atoms with Crippen molar-refractivity contribution in [1.82, 2.24) is 4.57 Å². The van der Waals surface area contributed by atoms with Gasteiger partial charge in [-0.05, 0) is 119 Å². The molecule has 0 aliphatic heterocycles. The van der Waals surface area contributed by atoms with Crippen LogP contribution in [0.3, 0.4) is 0 Å². The lowest BCUT2D eigenvalue weighted by molar-refractivity contribution is 0.672. The molecule has 3 nitrogen and oxygen atoms in total. The summed E-state index contributed by atoms with van der Waals surface area (Å²) < 4.78 is 9.02. The van der Waals surface area contributed by atoms with E-state index in [-0.39, 0.29) is 0 Å². The van der Waals surface area contributed by atoms with E-state index in [1.54, 1.807) is 0 Å². The molecule has 0 N–H and O–H groups in total. The molecule has 0 spiro atoms. The summed E-state index contributed by atoms with van der Waals surface area (Å²) in [6.45, 7) is 2.15. The number of anilines is 2. The fraction of sp³-hybridized carbons (Fsp3) is 0.0571. The second kappa shape index (κ2) is 18.9. The maximum Gasteiger partial charge on any atom is 0.143 e.